The standard InChI is InChI=1S/C20H22ClN3O4S2/c1-3-26-8-9-27-19(25)17(10-22)18(29-2)23-11-14-4-6-15(7-5-14)28-13-16-12-24-20(21)30-16/h4-7,12,23H,3,8-9,11,13H2,1-2H3/b18-17+. The summed E-state index contributed by atoms with van der Waals surface area (Å²) < 4.78 is 16.4. The molecule has 2 rings (SSSR count). The maximum atomic E-state index is 12.1. The lowest BCUT2D eigenvalue weighted by Crippen LogP contribution is -2.18. The largest absolute Gasteiger partial charge is 0.488 e. The lowest BCUT2D eigenvalue weighted by molar-refractivity contribution is -0.140. The van der Waals surface area contributed by atoms with Crippen LogP contribution in [0, 0.1) is 11.3 Å². The molecule has 0 saturated carbocycles. The smallest absolute Gasteiger partial charge is 0.351 e. The van der Waals surface area contributed by atoms with Crippen LogP contribution in [0.1, 0.15) is 17.4 Å². The first-order valence-electron chi connectivity index (χ1n) is 9.06. The van der Waals surface area contributed by atoms with Crippen molar-refractivity contribution in [1.29, 1.82) is 5.26 Å². The zero-order chi connectivity index (χ0) is 21.8. The molecule has 1 heterocycles. The molecule has 10 heteroatoms. The Morgan fingerprint density at radius 1 is 1.33 bits per heavy atom. The number of carbonyl (C=O) groups is 1. The number of nitriles is 1. The number of thiazole rings is 1. The lowest BCUT2D eigenvalue weighted by Gasteiger charge is -2.12. The van der Waals surface area contributed by atoms with Crippen LogP contribution in [0.2, 0.25) is 4.47 Å². The number of hydrogen-bond acceptors (Lipinski definition) is 9. The summed E-state index contributed by atoms with van der Waals surface area (Å²) in [6.07, 6.45) is 3.48. The van der Waals surface area contributed by atoms with Crippen LogP contribution in [0.5, 0.6) is 5.75 Å². The van der Waals surface area contributed by atoms with E-state index in [1.807, 2.05) is 37.3 Å². The average Bonchev–Trinajstić information content (AvgIpc) is 3.18. The van der Waals surface area contributed by atoms with Crippen molar-refractivity contribution in [1.82, 2.24) is 10.3 Å². The van der Waals surface area contributed by atoms with Crippen molar-refractivity contribution >= 4 is 40.7 Å². The highest BCUT2D eigenvalue weighted by Gasteiger charge is 2.16. The molecule has 0 aliphatic carbocycles. The zero-order valence-corrected chi connectivity index (χ0v) is 19.0. The third kappa shape index (κ3) is 7.88. The molecule has 30 heavy (non-hydrogen) atoms. The number of hydrogen-bond donors (Lipinski definition) is 1. The summed E-state index contributed by atoms with van der Waals surface area (Å²) >= 11 is 8.47. The Bertz CT molecular complexity index is 894. The topological polar surface area (TPSA) is 93.5 Å². The first kappa shape index (κ1) is 24.0. The SMILES string of the molecule is CCOCCOC(=O)/C(C#N)=C(\NCc1ccc(OCc2cnc(Cl)s2)cc1)SC. The van der Waals surface area contributed by atoms with Crippen molar-refractivity contribution in [3.8, 4) is 11.8 Å². The van der Waals surface area contributed by atoms with Gasteiger partial charge in [-0.25, -0.2) is 9.78 Å². The predicted octanol–water partition coefficient (Wildman–Crippen LogP) is 4.14. The Labute approximate surface area is 189 Å². The van der Waals surface area contributed by atoms with Crippen molar-refractivity contribution in [2.45, 2.75) is 20.1 Å². The van der Waals surface area contributed by atoms with Crippen LogP contribution in [0.25, 0.3) is 0 Å². The normalized spacial score (nSPS) is 11.4. The summed E-state index contributed by atoms with van der Waals surface area (Å²) in [6.45, 7) is 3.65. The summed E-state index contributed by atoms with van der Waals surface area (Å²) in [5.74, 6) is 0.0560. The number of halogens is 1. The van der Waals surface area contributed by atoms with Crippen molar-refractivity contribution < 1.29 is 19.0 Å². The number of aromatic nitrogens is 1. The van der Waals surface area contributed by atoms with E-state index >= 15 is 0 Å². The Kier molecular flexibility index (Phi) is 10.5. The molecule has 0 amide bonds. The van der Waals surface area contributed by atoms with Gasteiger partial charge in [0.1, 0.15) is 25.0 Å². The van der Waals surface area contributed by atoms with Gasteiger partial charge in [-0.3, -0.25) is 0 Å². The molecular weight excluding hydrogens is 446 g/mol. The number of thioether (sulfide) groups is 1. The Hall–Kier alpha value is -2.25. The maximum Gasteiger partial charge on any atom is 0.351 e. The van der Waals surface area contributed by atoms with Crippen LogP contribution < -0.4 is 10.1 Å². The maximum absolute atomic E-state index is 12.1. The summed E-state index contributed by atoms with van der Waals surface area (Å²) in [5.41, 5.74) is 0.916. The quantitative estimate of drug-likeness (QED) is 0.215. The molecule has 0 unspecified atom stereocenters. The second-order valence-electron chi connectivity index (χ2n) is 5.72. The van der Waals surface area contributed by atoms with Crippen LogP contribution in [0.4, 0.5) is 0 Å². The van der Waals surface area contributed by atoms with Crippen LogP contribution in [-0.2, 0) is 27.4 Å². The molecule has 0 saturated heterocycles. The average molecular weight is 468 g/mol. The van der Waals surface area contributed by atoms with Crippen molar-refractivity contribution in [2.75, 3.05) is 26.1 Å². The van der Waals surface area contributed by atoms with E-state index in [4.69, 9.17) is 25.8 Å². The molecule has 1 N–H and O–H groups in total. The van der Waals surface area contributed by atoms with Gasteiger partial charge in [0.25, 0.3) is 0 Å². The summed E-state index contributed by atoms with van der Waals surface area (Å²) in [6, 6.07) is 9.45. The minimum atomic E-state index is -0.666. The molecule has 0 aliphatic heterocycles. The molecule has 0 bridgehead atoms. The highest BCUT2D eigenvalue weighted by Crippen LogP contribution is 2.21. The highest BCUT2D eigenvalue weighted by atomic mass is 35.5. The molecule has 1 aromatic heterocycles. The summed E-state index contributed by atoms with van der Waals surface area (Å²) in [5, 5.41) is 13.0. The number of carbonyl (C=O) groups excluding carboxylic acids is 1. The van der Waals surface area contributed by atoms with Crippen molar-refractivity contribution in [3.05, 3.63) is 56.0 Å². The molecular formula is C20H22ClN3O4S2. The number of ether oxygens (including phenoxy) is 3. The van der Waals surface area contributed by atoms with Gasteiger partial charge in [0.05, 0.1) is 16.5 Å². The van der Waals surface area contributed by atoms with Crippen LogP contribution in [0.3, 0.4) is 0 Å². The number of nitrogens with zero attached hydrogens (tertiary/aromatic N) is 2. The van der Waals surface area contributed by atoms with Crippen molar-refractivity contribution in [3.63, 3.8) is 0 Å². The molecule has 0 aliphatic rings. The first-order chi connectivity index (χ1) is 14.6. The van der Waals surface area contributed by atoms with Crippen LogP contribution in [0.15, 0.2) is 41.1 Å². The fraction of sp³-hybridized carbons (Fsp3) is 0.350. The molecule has 0 atom stereocenters. The van der Waals surface area contributed by atoms with Crippen LogP contribution >= 0.6 is 34.7 Å². The van der Waals surface area contributed by atoms with E-state index in [-0.39, 0.29) is 12.2 Å². The number of esters is 1. The molecule has 0 radical (unpaired) electrons. The van der Waals surface area contributed by atoms with Gasteiger partial charge in [-0.05, 0) is 30.9 Å². The van der Waals surface area contributed by atoms with E-state index < -0.39 is 5.97 Å². The molecule has 7 nitrogen and oxygen atoms in total. The summed E-state index contributed by atoms with van der Waals surface area (Å²) in [4.78, 5) is 17.1. The van der Waals surface area contributed by atoms with Gasteiger partial charge < -0.3 is 19.5 Å². The van der Waals surface area contributed by atoms with Gasteiger partial charge in [0, 0.05) is 19.3 Å². The second kappa shape index (κ2) is 13.1. The molecule has 0 spiro atoms. The minimum absolute atomic E-state index is 0.0535. The van der Waals surface area contributed by atoms with Gasteiger partial charge in [0.2, 0.25) is 0 Å². The molecule has 1 aromatic carbocycles. The third-order valence-electron chi connectivity index (χ3n) is 3.69. The van der Waals surface area contributed by atoms with Crippen LogP contribution in [-0.4, -0.2) is 37.0 Å². The minimum Gasteiger partial charge on any atom is -0.488 e. The van der Waals surface area contributed by atoms with E-state index in [1.165, 1.54) is 23.1 Å². The number of rotatable bonds is 12. The predicted molar refractivity (Wildman–Crippen MR) is 118 cm³/mol. The third-order valence-corrected chi connectivity index (χ3v) is 5.54. The van der Waals surface area contributed by atoms with Gasteiger partial charge in [0.15, 0.2) is 10.0 Å². The van der Waals surface area contributed by atoms with Gasteiger partial charge in [-0.1, -0.05) is 23.7 Å². The van der Waals surface area contributed by atoms with E-state index in [2.05, 4.69) is 10.3 Å². The number of nitrogens with one attached hydrogen (secondary N) is 1. The van der Waals surface area contributed by atoms with Gasteiger partial charge in [-0.15, -0.1) is 23.1 Å². The first-order valence-corrected chi connectivity index (χ1v) is 11.5. The molecule has 2 aromatic rings. The highest BCUT2D eigenvalue weighted by molar-refractivity contribution is 8.02. The summed E-state index contributed by atoms with van der Waals surface area (Å²) in [7, 11) is 0. The molecule has 160 valence electrons. The van der Waals surface area contributed by atoms with E-state index in [1.54, 1.807) is 12.5 Å². The van der Waals surface area contributed by atoms with Gasteiger partial charge in [-0.2, -0.15) is 5.26 Å². The zero-order valence-electron chi connectivity index (χ0n) is 16.6. The van der Waals surface area contributed by atoms with E-state index in [0.29, 0.717) is 35.9 Å². The fourth-order valence-corrected chi connectivity index (χ4v) is 3.69. The Morgan fingerprint density at radius 2 is 2.10 bits per heavy atom. The molecule has 0 fully saturated rings. The van der Waals surface area contributed by atoms with Crippen molar-refractivity contribution in [2.24, 2.45) is 0 Å². The lowest BCUT2D eigenvalue weighted by atomic mass is 10.2. The van der Waals surface area contributed by atoms with E-state index in [9.17, 15) is 10.1 Å². The van der Waals surface area contributed by atoms with E-state index in [0.717, 1.165) is 16.2 Å². The Balaban J connectivity index is 1.90. The second-order valence-corrected chi connectivity index (χ2v) is 8.23. The van der Waals surface area contributed by atoms with Gasteiger partial charge >= 0.3 is 5.97 Å². The monoisotopic (exact) mass is 467 g/mol. The fourth-order valence-electron chi connectivity index (χ4n) is 2.25. The Morgan fingerprint density at radius 3 is 2.70 bits per heavy atom. The number of benzene rings is 1.